The van der Waals surface area contributed by atoms with E-state index in [1.807, 2.05) is 6.07 Å². The molecule has 160 valence electrons. The fourth-order valence-corrected chi connectivity index (χ4v) is 3.64. The molecule has 30 heavy (non-hydrogen) atoms. The predicted molar refractivity (Wildman–Crippen MR) is 117 cm³/mol. The van der Waals surface area contributed by atoms with Crippen LogP contribution in [0.25, 0.3) is 0 Å². The lowest BCUT2D eigenvalue weighted by Crippen LogP contribution is -2.47. The van der Waals surface area contributed by atoms with E-state index in [0.29, 0.717) is 11.6 Å². The molecule has 0 unspecified atom stereocenters. The maximum atomic E-state index is 12.1. The number of nitrogens with one attached hydrogen (secondary N) is 2. The summed E-state index contributed by atoms with van der Waals surface area (Å²) < 4.78 is 0. The maximum Gasteiger partial charge on any atom is 0.253 e. The van der Waals surface area contributed by atoms with E-state index in [1.54, 1.807) is 18.5 Å². The molecule has 1 aromatic heterocycles. The van der Waals surface area contributed by atoms with E-state index in [1.165, 1.54) is 12.1 Å². The predicted octanol–water partition coefficient (Wildman–Crippen LogP) is 1.84. The number of anilines is 1. The van der Waals surface area contributed by atoms with E-state index in [9.17, 15) is 9.59 Å². The van der Waals surface area contributed by atoms with Gasteiger partial charge in [-0.05, 0) is 37.2 Å². The van der Waals surface area contributed by atoms with Gasteiger partial charge in [-0.3, -0.25) is 14.5 Å². The monoisotopic (exact) mass is 450 g/mol. The number of carbonyl (C=O) groups excluding carboxylic acids is 2. The molecule has 0 bridgehead atoms. The molecule has 8 nitrogen and oxygen atoms in total. The maximum absolute atomic E-state index is 12.1. The fourth-order valence-electron chi connectivity index (χ4n) is 3.15. The topological polar surface area (TPSA) is 90.5 Å². The molecule has 0 atom stereocenters. The highest BCUT2D eigenvalue weighted by molar-refractivity contribution is 6.36. The number of carbonyl (C=O) groups is 2. The zero-order chi connectivity index (χ0) is 21.3. The van der Waals surface area contributed by atoms with Gasteiger partial charge in [0.15, 0.2) is 0 Å². The quantitative estimate of drug-likeness (QED) is 0.596. The summed E-state index contributed by atoms with van der Waals surface area (Å²) in [6.45, 7) is 4.99. The summed E-state index contributed by atoms with van der Waals surface area (Å²) in [5.41, 5.74) is 0.286. The molecule has 0 spiro atoms. The van der Waals surface area contributed by atoms with E-state index in [2.05, 4.69) is 30.4 Å². The van der Waals surface area contributed by atoms with Crippen molar-refractivity contribution in [2.45, 2.75) is 6.42 Å². The van der Waals surface area contributed by atoms with Crippen LogP contribution in [-0.4, -0.2) is 72.5 Å². The van der Waals surface area contributed by atoms with Gasteiger partial charge >= 0.3 is 0 Å². The van der Waals surface area contributed by atoms with Crippen LogP contribution in [0.15, 0.2) is 36.7 Å². The zero-order valence-corrected chi connectivity index (χ0v) is 18.0. The Balaban J connectivity index is 1.28. The Hall–Kier alpha value is -2.42. The first-order valence-electron chi connectivity index (χ1n) is 9.77. The molecule has 0 saturated carbocycles. The van der Waals surface area contributed by atoms with Crippen molar-refractivity contribution in [3.05, 3.63) is 52.3 Å². The van der Waals surface area contributed by atoms with Gasteiger partial charge in [0.25, 0.3) is 5.91 Å². The number of benzene rings is 1. The number of piperazine rings is 1. The molecule has 1 saturated heterocycles. The van der Waals surface area contributed by atoms with Crippen LogP contribution in [0.2, 0.25) is 10.0 Å². The van der Waals surface area contributed by atoms with Gasteiger partial charge in [0.05, 0.1) is 17.1 Å². The van der Waals surface area contributed by atoms with Crippen molar-refractivity contribution in [1.82, 2.24) is 25.5 Å². The van der Waals surface area contributed by atoms with Crippen molar-refractivity contribution in [3.8, 4) is 0 Å². The van der Waals surface area contributed by atoms with Crippen molar-refractivity contribution >= 4 is 41.0 Å². The molecular formula is C20H24Cl2N6O2. The molecule has 1 fully saturated rings. The summed E-state index contributed by atoms with van der Waals surface area (Å²) in [5.74, 6) is 0.123. The summed E-state index contributed by atoms with van der Waals surface area (Å²) >= 11 is 11.8. The zero-order valence-electron chi connectivity index (χ0n) is 16.5. The summed E-state index contributed by atoms with van der Waals surface area (Å²) in [4.78, 5) is 37.2. The largest absolute Gasteiger partial charge is 0.355 e. The molecule has 3 rings (SSSR count). The fraction of sp³-hybridized carbons (Fsp3) is 0.400. The highest BCUT2D eigenvalue weighted by Crippen LogP contribution is 2.20. The van der Waals surface area contributed by atoms with Crippen LogP contribution in [0.3, 0.4) is 0 Å². The summed E-state index contributed by atoms with van der Waals surface area (Å²) in [6, 6.07) is 6.41. The standard InChI is InChI=1S/C20H24Cl2N6O2/c21-15-3-4-16(17(22)13-15)19(30)26-14-18(29)23-7-2-8-27-9-11-28(12-10-27)20-24-5-1-6-25-20/h1,3-6,13H,2,7-12,14H2,(H,23,29)(H,26,30). The van der Waals surface area contributed by atoms with Gasteiger partial charge in [-0.2, -0.15) is 0 Å². The molecule has 0 radical (unpaired) electrons. The van der Waals surface area contributed by atoms with E-state index < -0.39 is 5.91 Å². The minimum Gasteiger partial charge on any atom is -0.355 e. The number of rotatable bonds is 8. The SMILES string of the molecule is O=C(CNC(=O)c1ccc(Cl)cc1Cl)NCCCN1CCN(c2ncccn2)CC1. The molecule has 1 aromatic carbocycles. The number of halogens is 2. The summed E-state index contributed by atoms with van der Waals surface area (Å²) in [5, 5.41) is 6.08. The van der Waals surface area contributed by atoms with Crippen molar-refractivity contribution in [3.63, 3.8) is 0 Å². The third-order valence-electron chi connectivity index (χ3n) is 4.77. The van der Waals surface area contributed by atoms with E-state index >= 15 is 0 Å². The third-order valence-corrected chi connectivity index (χ3v) is 5.31. The summed E-state index contributed by atoms with van der Waals surface area (Å²) in [7, 11) is 0. The average molecular weight is 451 g/mol. The highest BCUT2D eigenvalue weighted by atomic mass is 35.5. The lowest BCUT2D eigenvalue weighted by Gasteiger charge is -2.34. The van der Waals surface area contributed by atoms with Crippen LogP contribution in [0.5, 0.6) is 0 Å². The van der Waals surface area contributed by atoms with Crippen molar-refractivity contribution in [1.29, 1.82) is 0 Å². The van der Waals surface area contributed by atoms with E-state index in [-0.39, 0.29) is 23.0 Å². The van der Waals surface area contributed by atoms with Crippen LogP contribution in [-0.2, 0) is 4.79 Å². The minimum atomic E-state index is -0.410. The smallest absolute Gasteiger partial charge is 0.253 e. The molecule has 2 N–H and O–H groups in total. The second-order valence-electron chi connectivity index (χ2n) is 6.89. The number of aromatic nitrogens is 2. The molecule has 2 amide bonds. The lowest BCUT2D eigenvalue weighted by atomic mass is 10.2. The molecule has 1 aliphatic heterocycles. The summed E-state index contributed by atoms with van der Waals surface area (Å²) in [6.07, 6.45) is 4.35. The molecule has 2 heterocycles. The Kier molecular flexibility index (Phi) is 8.24. The molecule has 0 aliphatic carbocycles. The second kappa shape index (κ2) is 11.1. The van der Waals surface area contributed by atoms with Gasteiger partial charge in [0, 0.05) is 50.1 Å². The number of amides is 2. The number of nitrogens with zero attached hydrogens (tertiary/aromatic N) is 4. The number of hydrogen-bond donors (Lipinski definition) is 2. The number of hydrogen-bond acceptors (Lipinski definition) is 6. The Morgan fingerprint density at radius 2 is 1.77 bits per heavy atom. The van der Waals surface area contributed by atoms with Crippen molar-refractivity contribution < 1.29 is 9.59 Å². The first-order valence-corrected chi connectivity index (χ1v) is 10.5. The van der Waals surface area contributed by atoms with Gasteiger partial charge < -0.3 is 15.5 Å². The Morgan fingerprint density at radius 1 is 1.03 bits per heavy atom. The second-order valence-corrected chi connectivity index (χ2v) is 7.73. The van der Waals surface area contributed by atoms with Gasteiger partial charge in [-0.25, -0.2) is 9.97 Å². The Bertz CT molecular complexity index is 860. The van der Waals surface area contributed by atoms with Crippen LogP contribution in [0, 0.1) is 0 Å². The molecule has 2 aromatic rings. The average Bonchev–Trinajstić information content (AvgIpc) is 2.76. The minimum absolute atomic E-state index is 0.104. The lowest BCUT2D eigenvalue weighted by molar-refractivity contribution is -0.120. The first-order chi connectivity index (χ1) is 14.5. The Morgan fingerprint density at radius 3 is 2.47 bits per heavy atom. The van der Waals surface area contributed by atoms with Crippen LogP contribution >= 0.6 is 23.2 Å². The van der Waals surface area contributed by atoms with Crippen molar-refractivity contribution in [2.24, 2.45) is 0 Å². The van der Waals surface area contributed by atoms with Gasteiger partial charge in [-0.15, -0.1) is 0 Å². The van der Waals surface area contributed by atoms with E-state index in [4.69, 9.17) is 23.2 Å². The normalized spacial score (nSPS) is 14.4. The molecule has 1 aliphatic rings. The third kappa shape index (κ3) is 6.55. The molecular weight excluding hydrogens is 427 g/mol. The van der Waals surface area contributed by atoms with Crippen LogP contribution < -0.4 is 15.5 Å². The van der Waals surface area contributed by atoms with E-state index in [0.717, 1.165) is 45.1 Å². The van der Waals surface area contributed by atoms with Gasteiger partial charge in [-0.1, -0.05) is 23.2 Å². The van der Waals surface area contributed by atoms with Crippen LogP contribution in [0.4, 0.5) is 5.95 Å². The first kappa shape index (κ1) is 22.3. The van der Waals surface area contributed by atoms with Gasteiger partial charge in [0.1, 0.15) is 0 Å². The van der Waals surface area contributed by atoms with Crippen LogP contribution in [0.1, 0.15) is 16.8 Å². The molecule has 10 heteroatoms. The van der Waals surface area contributed by atoms with Gasteiger partial charge in [0.2, 0.25) is 11.9 Å². The highest BCUT2D eigenvalue weighted by Gasteiger charge is 2.18. The van der Waals surface area contributed by atoms with Crippen molar-refractivity contribution in [2.75, 3.05) is 50.7 Å². The Labute approximate surface area is 185 Å².